The molecule has 3 rings (SSSR count). The molecular weight excluding hydrogens is 424 g/mol. The number of hydrogen-bond donors (Lipinski definition) is 1. The SMILES string of the molecule is CC[C@@H](NC(=O)CN(c1cccc(OC)c1)S(=O)(=O)c1ccccc1)c1ccc(C)cc1. The number of rotatable bonds is 9. The first-order valence-electron chi connectivity index (χ1n) is 10.4. The molecule has 0 fully saturated rings. The molecule has 168 valence electrons. The number of amides is 1. The Kier molecular flexibility index (Phi) is 7.53. The summed E-state index contributed by atoms with van der Waals surface area (Å²) in [4.78, 5) is 13.1. The van der Waals surface area contributed by atoms with Gasteiger partial charge in [-0.3, -0.25) is 9.10 Å². The van der Waals surface area contributed by atoms with Crippen LogP contribution in [0.1, 0.15) is 30.5 Å². The summed E-state index contributed by atoms with van der Waals surface area (Å²) >= 11 is 0. The predicted octanol–water partition coefficient (Wildman–Crippen LogP) is 4.47. The summed E-state index contributed by atoms with van der Waals surface area (Å²) < 4.78 is 33.2. The maximum atomic E-state index is 13.4. The lowest BCUT2D eigenvalue weighted by Crippen LogP contribution is -2.42. The van der Waals surface area contributed by atoms with Crippen molar-refractivity contribution in [3.05, 3.63) is 90.0 Å². The van der Waals surface area contributed by atoms with Crippen LogP contribution >= 0.6 is 0 Å². The minimum absolute atomic E-state index is 0.112. The molecule has 1 amide bonds. The van der Waals surface area contributed by atoms with Gasteiger partial charge in [0.25, 0.3) is 10.0 Å². The van der Waals surface area contributed by atoms with Crippen LogP contribution in [0.25, 0.3) is 0 Å². The maximum absolute atomic E-state index is 13.4. The molecule has 0 radical (unpaired) electrons. The number of anilines is 1. The molecule has 0 spiro atoms. The number of sulfonamides is 1. The second kappa shape index (κ2) is 10.3. The quantitative estimate of drug-likeness (QED) is 0.520. The highest BCUT2D eigenvalue weighted by Crippen LogP contribution is 2.27. The van der Waals surface area contributed by atoms with Gasteiger partial charge in [-0.05, 0) is 43.2 Å². The van der Waals surface area contributed by atoms with E-state index < -0.39 is 10.0 Å². The third-order valence-corrected chi connectivity index (χ3v) is 6.97. The van der Waals surface area contributed by atoms with E-state index in [-0.39, 0.29) is 23.4 Å². The molecule has 0 unspecified atom stereocenters. The average molecular weight is 453 g/mol. The van der Waals surface area contributed by atoms with Crippen LogP contribution in [-0.2, 0) is 14.8 Å². The van der Waals surface area contributed by atoms with Gasteiger partial charge in [-0.25, -0.2) is 8.42 Å². The molecule has 0 heterocycles. The molecule has 3 aromatic carbocycles. The van der Waals surface area contributed by atoms with Crippen molar-refractivity contribution in [1.29, 1.82) is 0 Å². The number of carbonyl (C=O) groups is 1. The first-order valence-corrected chi connectivity index (χ1v) is 11.9. The molecule has 32 heavy (non-hydrogen) atoms. The fourth-order valence-corrected chi connectivity index (χ4v) is 4.82. The van der Waals surface area contributed by atoms with Crippen molar-refractivity contribution in [3.63, 3.8) is 0 Å². The molecule has 0 aliphatic heterocycles. The summed E-state index contributed by atoms with van der Waals surface area (Å²) in [7, 11) is -2.46. The second-order valence-electron chi connectivity index (χ2n) is 7.47. The van der Waals surface area contributed by atoms with E-state index in [2.05, 4.69) is 5.32 Å². The van der Waals surface area contributed by atoms with Gasteiger partial charge in [-0.1, -0.05) is 61.0 Å². The highest BCUT2D eigenvalue weighted by Gasteiger charge is 2.28. The van der Waals surface area contributed by atoms with E-state index in [1.165, 1.54) is 19.2 Å². The number of aryl methyl sites for hydroxylation is 1. The first kappa shape index (κ1) is 23.3. The van der Waals surface area contributed by atoms with E-state index in [0.29, 0.717) is 17.9 Å². The van der Waals surface area contributed by atoms with E-state index in [1.807, 2.05) is 38.1 Å². The van der Waals surface area contributed by atoms with Gasteiger partial charge in [0.15, 0.2) is 0 Å². The van der Waals surface area contributed by atoms with Gasteiger partial charge in [-0.15, -0.1) is 0 Å². The fraction of sp³-hybridized carbons (Fsp3) is 0.240. The summed E-state index contributed by atoms with van der Waals surface area (Å²) in [6.07, 6.45) is 0.680. The van der Waals surface area contributed by atoms with E-state index in [4.69, 9.17) is 4.74 Å². The molecule has 0 aliphatic rings. The Morgan fingerprint density at radius 1 is 1.00 bits per heavy atom. The Hall–Kier alpha value is -3.32. The van der Waals surface area contributed by atoms with E-state index in [1.54, 1.807) is 42.5 Å². The fourth-order valence-electron chi connectivity index (χ4n) is 3.39. The van der Waals surface area contributed by atoms with Crippen LogP contribution in [0.2, 0.25) is 0 Å². The van der Waals surface area contributed by atoms with E-state index in [9.17, 15) is 13.2 Å². The standard InChI is InChI=1S/C25H28N2O4S/c1-4-24(20-15-13-19(2)14-16-20)26-25(28)18-27(21-9-8-10-22(17-21)31-3)32(29,30)23-11-6-5-7-12-23/h5-17,24H,4,18H2,1-3H3,(H,26,28)/t24-/m1/s1. The molecule has 0 saturated heterocycles. The number of methoxy groups -OCH3 is 1. The minimum atomic E-state index is -3.97. The van der Waals surface area contributed by atoms with Crippen molar-refractivity contribution in [3.8, 4) is 5.75 Å². The minimum Gasteiger partial charge on any atom is -0.497 e. The molecule has 1 N–H and O–H groups in total. The Bertz CT molecular complexity index is 1150. The summed E-state index contributed by atoms with van der Waals surface area (Å²) in [5.41, 5.74) is 2.46. The van der Waals surface area contributed by atoms with Gasteiger partial charge < -0.3 is 10.1 Å². The normalized spacial score (nSPS) is 12.1. The lowest BCUT2D eigenvalue weighted by molar-refractivity contribution is -0.120. The molecular formula is C25H28N2O4S. The van der Waals surface area contributed by atoms with E-state index >= 15 is 0 Å². The third-order valence-electron chi connectivity index (χ3n) is 5.18. The second-order valence-corrected chi connectivity index (χ2v) is 9.33. The Morgan fingerprint density at radius 2 is 1.69 bits per heavy atom. The Labute approximate surface area is 189 Å². The predicted molar refractivity (Wildman–Crippen MR) is 126 cm³/mol. The Morgan fingerprint density at radius 3 is 2.31 bits per heavy atom. The van der Waals surface area contributed by atoms with Crippen molar-refractivity contribution >= 4 is 21.6 Å². The van der Waals surface area contributed by atoms with Crippen LogP contribution in [0.5, 0.6) is 5.75 Å². The van der Waals surface area contributed by atoms with Crippen molar-refractivity contribution in [2.75, 3.05) is 18.0 Å². The number of nitrogens with one attached hydrogen (secondary N) is 1. The number of ether oxygens (including phenoxy) is 1. The van der Waals surface area contributed by atoms with Gasteiger partial charge in [0.1, 0.15) is 12.3 Å². The van der Waals surface area contributed by atoms with Gasteiger partial charge in [-0.2, -0.15) is 0 Å². The lowest BCUT2D eigenvalue weighted by Gasteiger charge is -2.26. The van der Waals surface area contributed by atoms with Gasteiger partial charge in [0.05, 0.1) is 23.7 Å². The van der Waals surface area contributed by atoms with Crippen molar-refractivity contribution < 1.29 is 17.9 Å². The maximum Gasteiger partial charge on any atom is 0.264 e. The van der Waals surface area contributed by atoms with Gasteiger partial charge in [0, 0.05) is 6.07 Å². The summed E-state index contributed by atoms with van der Waals surface area (Å²) in [5, 5.41) is 2.98. The van der Waals surface area contributed by atoms with Crippen molar-refractivity contribution in [1.82, 2.24) is 5.32 Å². The lowest BCUT2D eigenvalue weighted by atomic mass is 10.0. The molecule has 1 atom stereocenters. The first-order chi connectivity index (χ1) is 15.3. The zero-order valence-electron chi connectivity index (χ0n) is 18.5. The zero-order valence-corrected chi connectivity index (χ0v) is 19.3. The van der Waals surface area contributed by atoms with Crippen molar-refractivity contribution in [2.24, 2.45) is 0 Å². The summed E-state index contributed by atoms with van der Waals surface area (Å²) in [5.74, 6) is 0.113. The molecule has 0 aromatic heterocycles. The zero-order chi connectivity index (χ0) is 23.1. The molecule has 0 bridgehead atoms. The molecule has 6 nitrogen and oxygen atoms in total. The Balaban J connectivity index is 1.91. The van der Waals surface area contributed by atoms with Crippen LogP contribution in [0, 0.1) is 6.92 Å². The van der Waals surface area contributed by atoms with Crippen LogP contribution in [0.3, 0.4) is 0 Å². The smallest absolute Gasteiger partial charge is 0.264 e. The summed E-state index contributed by atoms with van der Waals surface area (Å²) in [6, 6.07) is 22.5. The average Bonchev–Trinajstić information content (AvgIpc) is 2.82. The molecule has 7 heteroatoms. The number of benzene rings is 3. The highest BCUT2D eigenvalue weighted by atomic mass is 32.2. The molecule has 0 saturated carbocycles. The van der Waals surface area contributed by atoms with E-state index in [0.717, 1.165) is 15.4 Å². The number of carbonyl (C=O) groups excluding carboxylic acids is 1. The van der Waals surface area contributed by atoms with Gasteiger partial charge >= 0.3 is 0 Å². The summed E-state index contributed by atoms with van der Waals surface area (Å²) in [6.45, 7) is 3.63. The highest BCUT2D eigenvalue weighted by molar-refractivity contribution is 7.92. The largest absolute Gasteiger partial charge is 0.497 e. The number of hydrogen-bond acceptors (Lipinski definition) is 4. The van der Waals surface area contributed by atoms with Crippen LogP contribution in [-0.4, -0.2) is 28.0 Å². The van der Waals surface area contributed by atoms with Crippen LogP contribution < -0.4 is 14.4 Å². The topological polar surface area (TPSA) is 75.7 Å². The van der Waals surface area contributed by atoms with Crippen molar-refractivity contribution in [2.45, 2.75) is 31.2 Å². The molecule has 0 aliphatic carbocycles. The van der Waals surface area contributed by atoms with Gasteiger partial charge in [0.2, 0.25) is 5.91 Å². The molecule has 3 aromatic rings. The third kappa shape index (κ3) is 5.48. The monoisotopic (exact) mass is 452 g/mol. The van der Waals surface area contributed by atoms with Crippen LogP contribution in [0.4, 0.5) is 5.69 Å². The van der Waals surface area contributed by atoms with Crippen LogP contribution in [0.15, 0.2) is 83.8 Å². The number of nitrogens with zero attached hydrogens (tertiary/aromatic N) is 1.